The van der Waals surface area contributed by atoms with E-state index in [1.54, 1.807) is 7.11 Å². The summed E-state index contributed by atoms with van der Waals surface area (Å²) in [4.78, 5) is 12.4. The second-order valence-corrected chi connectivity index (χ2v) is 2.32. The van der Waals surface area contributed by atoms with Gasteiger partial charge in [-0.3, -0.25) is 10.1 Å². The van der Waals surface area contributed by atoms with Crippen LogP contribution in [0.3, 0.4) is 0 Å². The Morgan fingerprint density at radius 3 is 2.92 bits per heavy atom. The van der Waals surface area contributed by atoms with Gasteiger partial charge in [0.05, 0.1) is 23.8 Å². The van der Waals surface area contributed by atoms with Crippen molar-refractivity contribution in [3.05, 3.63) is 22.4 Å². The molecule has 1 aromatic heterocycles. The van der Waals surface area contributed by atoms with E-state index in [9.17, 15) is 10.1 Å². The molecular weight excluding hydrogens is 176 g/mol. The summed E-state index contributed by atoms with van der Waals surface area (Å²) >= 11 is 0. The maximum atomic E-state index is 10.2. The lowest BCUT2D eigenvalue weighted by atomic mass is 10.5. The van der Waals surface area contributed by atoms with E-state index in [1.807, 2.05) is 0 Å². The van der Waals surface area contributed by atoms with E-state index in [-0.39, 0.29) is 5.69 Å². The van der Waals surface area contributed by atoms with Crippen LogP contribution in [0, 0.1) is 10.1 Å². The van der Waals surface area contributed by atoms with E-state index in [2.05, 4.69) is 4.98 Å². The summed E-state index contributed by atoms with van der Waals surface area (Å²) in [6, 6.07) is 1.33. The highest BCUT2D eigenvalue weighted by molar-refractivity contribution is 5.33. The molecule has 0 unspecified atom stereocenters. The largest absolute Gasteiger partial charge is 0.476 e. The summed E-state index contributed by atoms with van der Waals surface area (Å²) in [6.07, 6.45) is 1.28. The zero-order valence-electron chi connectivity index (χ0n) is 7.15. The zero-order valence-corrected chi connectivity index (χ0v) is 7.15. The molecule has 0 amide bonds. The van der Waals surface area contributed by atoms with Gasteiger partial charge in [-0.1, -0.05) is 0 Å². The smallest absolute Gasteiger partial charge is 0.290 e. The summed E-state index contributed by atoms with van der Waals surface area (Å²) in [5, 5.41) is 10.2. The van der Waals surface area contributed by atoms with Crippen LogP contribution in [0.4, 0.5) is 5.69 Å². The maximum absolute atomic E-state index is 10.2. The van der Waals surface area contributed by atoms with Gasteiger partial charge in [-0.15, -0.1) is 0 Å². The molecule has 1 rings (SSSR count). The van der Waals surface area contributed by atoms with Gasteiger partial charge < -0.3 is 14.5 Å². The molecule has 0 aliphatic rings. The lowest BCUT2D eigenvalue weighted by molar-refractivity contribution is -0.384. The quantitative estimate of drug-likeness (QED) is 0.422. The number of nitro groups is 1. The van der Waals surface area contributed by atoms with E-state index >= 15 is 0 Å². The van der Waals surface area contributed by atoms with Crippen LogP contribution in [0.5, 0.6) is 5.88 Å². The third-order valence-corrected chi connectivity index (χ3v) is 1.40. The van der Waals surface area contributed by atoms with Gasteiger partial charge in [0.15, 0.2) is 5.88 Å². The first-order valence-electron chi connectivity index (χ1n) is 3.68. The van der Waals surface area contributed by atoms with Crippen molar-refractivity contribution >= 4 is 5.69 Å². The standard InChI is InChI=1S/C7H10N2O4/c1-12-2-3-13-7-4-6(5-8-7)9(10)11/h4-5,8H,2-3H2,1H3. The van der Waals surface area contributed by atoms with E-state index < -0.39 is 4.92 Å². The van der Waals surface area contributed by atoms with Crippen LogP contribution in [-0.2, 0) is 4.74 Å². The molecule has 1 N–H and O–H groups in total. The minimum absolute atomic E-state index is 0.00702. The molecule has 6 nitrogen and oxygen atoms in total. The van der Waals surface area contributed by atoms with Crippen molar-refractivity contribution < 1.29 is 14.4 Å². The van der Waals surface area contributed by atoms with Gasteiger partial charge in [0.25, 0.3) is 5.69 Å². The van der Waals surface area contributed by atoms with Gasteiger partial charge >= 0.3 is 0 Å². The van der Waals surface area contributed by atoms with E-state index in [1.165, 1.54) is 12.3 Å². The third-order valence-electron chi connectivity index (χ3n) is 1.40. The number of hydrogen-bond donors (Lipinski definition) is 1. The lowest BCUT2D eigenvalue weighted by Gasteiger charge is -2.00. The first-order chi connectivity index (χ1) is 6.24. The number of methoxy groups -OCH3 is 1. The summed E-state index contributed by atoms with van der Waals surface area (Å²) in [6.45, 7) is 0.820. The number of nitrogens with one attached hydrogen (secondary N) is 1. The first-order valence-corrected chi connectivity index (χ1v) is 3.68. The summed E-state index contributed by atoms with van der Waals surface area (Å²) in [5.74, 6) is 0.378. The van der Waals surface area contributed by atoms with Crippen LogP contribution in [0.25, 0.3) is 0 Å². The fourth-order valence-corrected chi connectivity index (χ4v) is 0.786. The number of H-pyrrole nitrogens is 1. The Morgan fingerprint density at radius 2 is 2.38 bits per heavy atom. The Morgan fingerprint density at radius 1 is 1.62 bits per heavy atom. The number of aromatic amines is 1. The number of ether oxygens (including phenoxy) is 2. The Kier molecular flexibility index (Phi) is 3.27. The highest BCUT2D eigenvalue weighted by atomic mass is 16.6. The molecule has 0 saturated heterocycles. The van der Waals surface area contributed by atoms with Crippen molar-refractivity contribution in [3.8, 4) is 5.88 Å². The van der Waals surface area contributed by atoms with Crippen molar-refractivity contribution in [3.63, 3.8) is 0 Å². The second kappa shape index (κ2) is 4.46. The van der Waals surface area contributed by atoms with E-state index in [0.29, 0.717) is 19.1 Å². The normalized spacial score (nSPS) is 9.92. The molecule has 1 heterocycles. The Balaban J connectivity index is 2.44. The molecule has 0 atom stereocenters. The fraction of sp³-hybridized carbons (Fsp3) is 0.429. The molecule has 0 aromatic carbocycles. The van der Waals surface area contributed by atoms with Crippen LogP contribution in [0.2, 0.25) is 0 Å². The van der Waals surface area contributed by atoms with Crippen LogP contribution in [-0.4, -0.2) is 30.2 Å². The van der Waals surface area contributed by atoms with Gasteiger partial charge in [0.1, 0.15) is 6.61 Å². The predicted molar refractivity (Wildman–Crippen MR) is 44.8 cm³/mol. The van der Waals surface area contributed by atoms with Crippen LogP contribution >= 0.6 is 0 Å². The number of aromatic nitrogens is 1. The molecule has 0 bridgehead atoms. The molecule has 72 valence electrons. The third kappa shape index (κ3) is 2.75. The van der Waals surface area contributed by atoms with Crippen LogP contribution in [0.15, 0.2) is 12.3 Å². The maximum Gasteiger partial charge on any atom is 0.290 e. The van der Waals surface area contributed by atoms with Gasteiger partial charge in [0, 0.05) is 7.11 Å². The van der Waals surface area contributed by atoms with Gasteiger partial charge in [-0.2, -0.15) is 0 Å². The monoisotopic (exact) mass is 186 g/mol. The Labute approximate surface area is 74.6 Å². The number of hydrogen-bond acceptors (Lipinski definition) is 4. The molecule has 0 fully saturated rings. The molecule has 1 aromatic rings. The molecular formula is C7H10N2O4. The first kappa shape index (κ1) is 9.53. The summed E-state index contributed by atoms with van der Waals surface area (Å²) in [5.41, 5.74) is -0.00702. The number of nitrogens with zero attached hydrogens (tertiary/aromatic N) is 1. The SMILES string of the molecule is COCCOc1cc([N+](=O)[O-])c[nH]1. The lowest BCUT2D eigenvalue weighted by Crippen LogP contribution is -2.04. The van der Waals surface area contributed by atoms with Crippen molar-refractivity contribution in [2.24, 2.45) is 0 Å². The van der Waals surface area contributed by atoms with Crippen molar-refractivity contribution in [1.82, 2.24) is 4.98 Å². The molecule has 0 saturated carbocycles. The minimum atomic E-state index is -0.486. The Hall–Kier alpha value is -1.56. The van der Waals surface area contributed by atoms with Crippen LogP contribution < -0.4 is 4.74 Å². The summed E-state index contributed by atoms with van der Waals surface area (Å²) < 4.78 is 9.84. The van der Waals surface area contributed by atoms with Gasteiger partial charge in [-0.25, -0.2) is 0 Å². The summed E-state index contributed by atoms with van der Waals surface area (Å²) in [7, 11) is 1.56. The molecule has 13 heavy (non-hydrogen) atoms. The average molecular weight is 186 g/mol. The zero-order chi connectivity index (χ0) is 9.68. The topological polar surface area (TPSA) is 77.4 Å². The van der Waals surface area contributed by atoms with Crippen molar-refractivity contribution in [1.29, 1.82) is 0 Å². The minimum Gasteiger partial charge on any atom is -0.476 e. The molecule has 0 radical (unpaired) electrons. The molecule has 0 aliphatic heterocycles. The predicted octanol–water partition coefficient (Wildman–Crippen LogP) is 0.948. The number of rotatable bonds is 5. The average Bonchev–Trinajstić information content (AvgIpc) is 2.53. The van der Waals surface area contributed by atoms with Gasteiger partial charge in [-0.05, 0) is 0 Å². The highest BCUT2D eigenvalue weighted by Crippen LogP contribution is 2.17. The molecule has 6 heteroatoms. The second-order valence-electron chi connectivity index (χ2n) is 2.32. The molecule has 0 spiro atoms. The van der Waals surface area contributed by atoms with E-state index in [4.69, 9.17) is 9.47 Å². The van der Waals surface area contributed by atoms with E-state index in [0.717, 1.165) is 0 Å². The van der Waals surface area contributed by atoms with Crippen molar-refractivity contribution in [2.45, 2.75) is 0 Å². The Bertz CT molecular complexity index is 284. The van der Waals surface area contributed by atoms with Gasteiger partial charge in [0.2, 0.25) is 0 Å². The highest BCUT2D eigenvalue weighted by Gasteiger charge is 2.08. The molecule has 0 aliphatic carbocycles. The fourth-order valence-electron chi connectivity index (χ4n) is 0.786. The van der Waals surface area contributed by atoms with Crippen LogP contribution in [0.1, 0.15) is 0 Å². The van der Waals surface area contributed by atoms with Crippen molar-refractivity contribution in [2.75, 3.05) is 20.3 Å².